The fourth-order valence-corrected chi connectivity index (χ4v) is 2.96. The summed E-state index contributed by atoms with van der Waals surface area (Å²) in [7, 11) is -2.16. The topological polar surface area (TPSA) is 66.8 Å². The molecule has 1 aliphatic rings. The molecule has 0 aromatic rings. The third-order valence-corrected chi connectivity index (χ3v) is 8.49. The van der Waals surface area contributed by atoms with Crippen molar-refractivity contribution < 1.29 is 19.4 Å². The minimum absolute atomic E-state index is 0.0486. The van der Waals surface area contributed by atoms with E-state index in [1.807, 2.05) is 13.1 Å². The van der Waals surface area contributed by atoms with E-state index in [4.69, 9.17) is 4.43 Å². The average molecular weight is 272 g/mol. The van der Waals surface area contributed by atoms with Crippen LogP contribution in [0.1, 0.15) is 27.7 Å². The molecule has 2 N–H and O–H groups in total. The Morgan fingerprint density at radius 3 is 2.33 bits per heavy atom. The first-order valence-corrected chi connectivity index (χ1v) is 9.11. The minimum Gasteiger partial charge on any atom is -0.408 e. The van der Waals surface area contributed by atoms with Gasteiger partial charge in [-0.15, -0.1) is 0 Å². The van der Waals surface area contributed by atoms with Crippen LogP contribution in [0.25, 0.3) is 0 Å². The van der Waals surface area contributed by atoms with E-state index in [-0.39, 0.29) is 5.04 Å². The second-order valence-electron chi connectivity index (χ2n) is 6.66. The van der Waals surface area contributed by atoms with E-state index in [9.17, 15) is 15.0 Å². The van der Waals surface area contributed by atoms with E-state index >= 15 is 0 Å². The van der Waals surface area contributed by atoms with Gasteiger partial charge in [-0.25, -0.2) is 0 Å². The monoisotopic (exact) mass is 272 g/mol. The molecular weight excluding hydrogens is 248 g/mol. The summed E-state index contributed by atoms with van der Waals surface area (Å²) in [4.78, 5) is 11.7. The molecule has 0 aromatic heterocycles. The molecule has 1 rings (SSSR count). The van der Waals surface area contributed by atoms with Gasteiger partial charge in [0, 0.05) is 0 Å². The van der Waals surface area contributed by atoms with Crippen LogP contribution in [0.5, 0.6) is 0 Å². The molecule has 0 saturated carbocycles. The Bertz CT molecular complexity index is 366. The third-order valence-electron chi connectivity index (χ3n) is 4.04. The van der Waals surface area contributed by atoms with Crippen molar-refractivity contribution in [3.8, 4) is 0 Å². The van der Waals surface area contributed by atoms with Gasteiger partial charge in [-0.05, 0) is 37.2 Å². The molecule has 3 atom stereocenters. The smallest absolute Gasteiger partial charge is 0.192 e. The molecule has 0 unspecified atom stereocenters. The molecule has 4 nitrogen and oxygen atoms in total. The zero-order chi connectivity index (χ0) is 14.4. The van der Waals surface area contributed by atoms with Crippen molar-refractivity contribution in [2.24, 2.45) is 0 Å². The predicted molar refractivity (Wildman–Crippen MR) is 72.8 cm³/mol. The maximum Gasteiger partial charge on any atom is 0.192 e. The Labute approximate surface area is 110 Å². The number of aliphatic hydroxyl groups is 2. The maximum atomic E-state index is 11.7. The summed E-state index contributed by atoms with van der Waals surface area (Å²) in [6.45, 7) is 11.7. The zero-order valence-electron chi connectivity index (χ0n) is 12.0. The molecule has 0 spiro atoms. The second-order valence-corrected chi connectivity index (χ2v) is 11.4. The van der Waals surface area contributed by atoms with Gasteiger partial charge in [0.1, 0.15) is 12.2 Å². The van der Waals surface area contributed by atoms with Crippen LogP contribution < -0.4 is 0 Å². The summed E-state index contributed by atoms with van der Waals surface area (Å²) < 4.78 is 6.01. The van der Waals surface area contributed by atoms with E-state index in [2.05, 4.69) is 20.8 Å². The van der Waals surface area contributed by atoms with E-state index < -0.39 is 31.9 Å². The molecule has 0 saturated heterocycles. The van der Waals surface area contributed by atoms with Gasteiger partial charge < -0.3 is 14.6 Å². The SMILES string of the molecule is CC(C)(C)[Si](C)(C)O[C@H]1[C@@H](O)C=CC(=O)[C@@]1(C)O. The highest BCUT2D eigenvalue weighted by Crippen LogP contribution is 2.39. The molecule has 104 valence electrons. The van der Waals surface area contributed by atoms with Crippen molar-refractivity contribution in [1.82, 2.24) is 0 Å². The van der Waals surface area contributed by atoms with Gasteiger partial charge in [0.15, 0.2) is 19.7 Å². The molecule has 18 heavy (non-hydrogen) atoms. The molecule has 0 aromatic carbocycles. The van der Waals surface area contributed by atoms with Gasteiger partial charge in [0.25, 0.3) is 0 Å². The zero-order valence-corrected chi connectivity index (χ0v) is 13.0. The van der Waals surface area contributed by atoms with Crippen LogP contribution in [-0.4, -0.2) is 42.1 Å². The van der Waals surface area contributed by atoms with Crippen molar-refractivity contribution in [1.29, 1.82) is 0 Å². The van der Waals surface area contributed by atoms with Crippen LogP contribution in [-0.2, 0) is 9.22 Å². The van der Waals surface area contributed by atoms with E-state index in [1.54, 1.807) is 0 Å². The van der Waals surface area contributed by atoms with Gasteiger partial charge in [-0.2, -0.15) is 0 Å². The van der Waals surface area contributed by atoms with Gasteiger partial charge in [0.05, 0.1) is 0 Å². The minimum atomic E-state index is -2.16. The van der Waals surface area contributed by atoms with Crippen LogP contribution in [0.4, 0.5) is 0 Å². The lowest BCUT2D eigenvalue weighted by molar-refractivity contribution is -0.150. The van der Waals surface area contributed by atoms with Crippen molar-refractivity contribution >= 4 is 14.1 Å². The molecule has 1 aliphatic carbocycles. The highest BCUT2D eigenvalue weighted by Gasteiger charge is 2.50. The lowest BCUT2D eigenvalue weighted by Gasteiger charge is -2.44. The lowest BCUT2D eigenvalue weighted by Crippen LogP contribution is -2.60. The fourth-order valence-electron chi connectivity index (χ4n) is 1.61. The molecule has 0 aliphatic heterocycles. The van der Waals surface area contributed by atoms with Gasteiger partial charge >= 0.3 is 0 Å². The molecule has 0 amide bonds. The lowest BCUT2D eigenvalue weighted by atomic mass is 9.85. The number of ketones is 1. The summed E-state index contributed by atoms with van der Waals surface area (Å²) in [5.74, 6) is -0.420. The molecule has 0 fully saturated rings. The number of carbonyl (C=O) groups is 1. The third kappa shape index (κ3) is 2.74. The first-order chi connectivity index (χ1) is 7.89. The molecule has 0 bridgehead atoms. The Kier molecular flexibility index (Phi) is 3.94. The van der Waals surface area contributed by atoms with Crippen molar-refractivity contribution in [3.63, 3.8) is 0 Å². The quantitative estimate of drug-likeness (QED) is 0.750. The Hall–Kier alpha value is -0.493. The summed E-state index contributed by atoms with van der Waals surface area (Å²) in [5.41, 5.74) is -1.66. The van der Waals surface area contributed by atoms with Crippen LogP contribution in [0.3, 0.4) is 0 Å². The Balaban J connectivity index is 3.02. The average Bonchev–Trinajstić information content (AvgIpc) is 2.18. The van der Waals surface area contributed by atoms with Gasteiger partial charge in [-0.1, -0.05) is 20.8 Å². The maximum absolute atomic E-state index is 11.7. The Morgan fingerprint density at radius 2 is 1.89 bits per heavy atom. The summed E-state index contributed by atoms with van der Waals surface area (Å²) in [6, 6.07) is 0. The van der Waals surface area contributed by atoms with E-state index in [0.717, 1.165) is 0 Å². The summed E-state index contributed by atoms with van der Waals surface area (Å²) in [5, 5.41) is 20.1. The predicted octanol–water partition coefficient (Wildman–Crippen LogP) is 1.63. The largest absolute Gasteiger partial charge is 0.408 e. The van der Waals surface area contributed by atoms with Crippen LogP contribution in [0.15, 0.2) is 12.2 Å². The number of hydrogen-bond donors (Lipinski definition) is 2. The molecular formula is C13H24O4Si. The number of carbonyl (C=O) groups excluding carboxylic acids is 1. The van der Waals surface area contributed by atoms with Crippen molar-refractivity contribution in [2.45, 2.75) is 63.6 Å². The van der Waals surface area contributed by atoms with Crippen LogP contribution in [0, 0.1) is 0 Å². The normalized spacial score (nSPS) is 33.9. The van der Waals surface area contributed by atoms with E-state index in [0.29, 0.717) is 0 Å². The van der Waals surface area contributed by atoms with Crippen molar-refractivity contribution in [3.05, 3.63) is 12.2 Å². The van der Waals surface area contributed by atoms with Crippen LogP contribution >= 0.6 is 0 Å². The van der Waals surface area contributed by atoms with Crippen LogP contribution in [0.2, 0.25) is 18.1 Å². The Morgan fingerprint density at radius 1 is 1.39 bits per heavy atom. The van der Waals surface area contributed by atoms with Gasteiger partial charge in [-0.3, -0.25) is 4.79 Å². The standard InChI is InChI=1S/C13H24O4Si/c1-12(2,3)18(5,6)17-11-9(14)7-8-10(15)13(11,4)16/h7-9,11,14,16H,1-6H3/t9-,11-,13+/m0/s1. The second kappa shape index (κ2) is 4.56. The fraction of sp³-hybridized carbons (Fsp3) is 0.769. The van der Waals surface area contributed by atoms with E-state index in [1.165, 1.54) is 19.1 Å². The highest BCUT2D eigenvalue weighted by atomic mass is 28.4. The number of aliphatic hydroxyl groups excluding tert-OH is 1. The number of rotatable bonds is 2. The number of hydrogen-bond acceptors (Lipinski definition) is 4. The molecule has 5 heteroatoms. The van der Waals surface area contributed by atoms with Crippen molar-refractivity contribution in [2.75, 3.05) is 0 Å². The van der Waals surface area contributed by atoms with Gasteiger partial charge in [0.2, 0.25) is 0 Å². The summed E-state index contributed by atoms with van der Waals surface area (Å²) in [6.07, 6.45) is 0.761. The first-order valence-electron chi connectivity index (χ1n) is 6.20. The summed E-state index contributed by atoms with van der Waals surface area (Å²) >= 11 is 0. The molecule has 0 heterocycles. The molecule has 0 radical (unpaired) electrons. The first kappa shape index (κ1) is 15.6. The highest BCUT2D eigenvalue weighted by molar-refractivity contribution is 6.74.